The number of carboxylic acids is 1. The number of carboxylic acid groups (broad SMARTS) is 1. The van der Waals surface area contributed by atoms with Gasteiger partial charge < -0.3 is 31.1 Å². The topological polar surface area (TPSA) is 163 Å². The minimum atomic E-state index is -1.31. The summed E-state index contributed by atoms with van der Waals surface area (Å²) in [5.41, 5.74) is 0.0157. The van der Waals surface area contributed by atoms with Crippen LogP contribution in [0.4, 0.5) is 4.79 Å². The molecule has 0 unspecified atom stereocenters. The SMILES string of the molecule is CC(C)C[C@H](NC(=O)[C@H](Cc1cccc2ccccc12)NC(=O)OC(C)(C)C)C(=O)N[C@@H](C[C@@H]1CCCNC1=O)C(=O)O. The normalized spacial score (nSPS) is 17.3. The molecule has 234 valence electrons. The lowest BCUT2D eigenvalue weighted by molar-refractivity contribution is -0.143. The third kappa shape index (κ3) is 10.3. The van der Waals surface area contributed by atoms with E-state index in [2.05, 4.69) is 21.3 Å². The highest BCUT2D eigenvalue weighted by molar-refractivity contribution is 5.94. The van der Waals surface area contributed by atoms with Crippen LogP contribution in [-0.2, 0) is 30.3 Å². The van der Waals surface area contributed by atoms with Crippen molar-refractivity contribution in [2.45, 2.75) is 90.4 Å². The number of hydrogen-bond acceptors (Lipinski definition) is 6. The van der Waals surface area contributed by atoms with E-state index in [1.165, 1.54) is 0 Å². The Labute approximate surface area is 252 Å². The molecule has 11 nitrogen and oxygen atoms in total. The summed E-state index contributed by atoms with van der Waals surface area (Å²) < 4.78 is 5.41. The van der Waals surface area contributed by atoms with Gasteiger partial charge in [0, 0.05) is 18.9 Å². The van der Waals surface area contributed by atoms with E-state index in [4.69, 9.17) is 4.74 Å². The van der Waals surface area contributed by atoms with Gasteiger partial charge in [0.25, 0.3) is 0 Å². The highest BCUT2D eigenvalue weighted by atomic mass is 16.6. The second-order valence-corrected chi connectivity index (χ2v) is 12.5. The van der Waals surface area contributed by atoms with Gasteiger partial charge in [0.1, 0.15) is 23.7 Å². The van der Waals surface area contributed by atoms with Gasteiger partial charge >= 0.3 is 12.1 Å². The van der Waals surface area contributed by atoms with Crippen LogP contribution in [0.15, 0.2) is 42.5 Å². The van der Waals surface area contributed by atoms with E-state index in [-0.39, 0.29) is 31.1 Å². The highest BCUT2D eigenvalue weighted by Crippen LogP contribution is 2.21. The number of ether oxygens (including phenoxy) is 1. The zero-order chi connectivity index (χ0) is 31.7. The molecule has 3 rings (SSSR count). The highest BCUT2D eigenvalue weighted by Gasteiger charge is 2.34. The largest absolute Gasteiger partial charge is 0.480 e. The number of amides is 4. The van der Waals surface area contributed by atoms with E-state index in [1.54, 1.807) is 20.8 Å². The van der Waals surface area contributed by atoms with Crippen molar-refractivity contribution in [3.8, 4) is 0 Å². The van der Waals surface area contributed by atoms with Crippen LogP contribution in [-0.4, -0.2) is 65.2 Å². The van der Waals surface area contributed by atoms with Gasteiger partial charge in [-0.3, -0.25) is 14.4 Å². The number of nitrogens with one attached hydrogen (secondary N) is 4. The molecule has 11 heteroatoms. The van der Waals surface area contributed by atoms with E-state index in [0.29, 0.717) is 13.0 Å². The summed E-state index contributed by atoms with van der Waals surface area (Å²) >= 11 is 0. The van der Waals surface area contributed by atoms with E-state index in [9.17, 15) is 29.1 Å². The molecule has 0 aliphatic carbocycles. The number of carbonyl (C=O) groups excluding carboxylic acids is 4. The Morgan fingerprint density at radius 3 is 2.26 bits per heavy atom. The quantitative estimate of drug-likeness (QED) is 0.251. The number of piperidine rings is 1. The molecular formula is C32H44N4O7. The number of hydrogen-bond donors (Lipinski definition) is 5. The number of fused-ring (bicyclic) bond motifs is 1. The smallest absolute Gasteiger partial charge is 0.408 e. The first kappa shape index (κ1) is 33.4. The molecule has 1 saturated heterocycles. The minimum Gasteiger partial charge on any atom is -0.480 e. The van der Waals surface area contributed by atoms with Gasteiger partial charge in [-0.25, -0.2) is 9.59 Å². The fourth-order valence-electron chi connectivity index (χ4n) is 5.16. The Morgan fingerprint density at radius 2 is 1.60 bits per heavy atom. The van der Waals surface area contributed by atoms with Crippen LogP contribution in [0.2, 0.25) is 0 Å². The Bertz CT molecular complexity index is 1320. The molecule has 0 saturated carbocycles. The second kappa shape index (κ2) is 14.8. The standard InChI is InChI=1S/C32H44N4O7/c1-19(2)16-24(28(38)35-26(30(40)41)18-22-13-9-15-33-27(22)37)34-29(39)25(36-31(42)43-32(3,4)5)17-21-12-8-11-20-10-6-7-14-23(20)21/h6-8,10-12,14,19,22,24-26H,9,13,15-18H2,1-5H3,(H,33,37)(H,34,39)(H,35,38)(H,36,42)(H,40,41)/t22-,24-,25-,26-/m0/s1. The molecule has 1 aliphatic heterocycles. The lowest BCUT2D eigenvalue weighted by atomic mass is 9.91. The van der Waals surface area contributed by atoms with Gasteiger partial charge in [0.15, 0.2) is 0 Å². The Hall–Kier alpha value is -4.15. The zero-order valence-corrected chi connectivity index (χ0v) is 25.6. The Balaban J connectivity index is 1.82. The van der Waals surface area contributed by atoms with E-state index in [1.807, 2.05) is 56.3 Å². The summed E-state index contributed by atoms with van der Waals surface area (Å²) in [6, 6.07) is 9.90. The second-order valence-electron chi connectivity index (χ2n) is 12.5. The fourth-order valence-corrected chi connectivity index (χ4v) is 5.16. The number of carbonyl (C=O) groups is 5. The molecule has 43 heavy (non-hydrogen) atoms. The molecule has 1 fully saturated rings. The number of rotatable bonds is 12. The van der Waals surface area contributed by atoms with Crippen LogP contribution >= 0.6 is 0 Å². The van der Waals surface area contributed by atoms with E-state index in [0.717, 1.165) is 22.8 Å². The van der Waals surface area contributed by atoms with Gasteiger partial charge in [-0.05, 0) is 68.7 Å². The molecular weight excluding hydrogens is 552 g/mol. The van der Waals surface area contributed by atoms with Crippen molar-refractivity contribution in [2.75, 3.05) is 6.54 Å². The Kier molecular flexibility index (Phi) is 11.5. The van der Waals surface area contributed by atoms with E-state index >= 15 is 0 Å². The van der Waals surface area contributed by atoms with Crippen molar-refractivity contribution in [3.05, 3.63) is 48.0 Å². The molecule has 0 radical (unpaired) electrons. The maximum atomic E-state index is 13.7. The number of benzene rings is 2. The monoisotopic (exact) mass is 596 g/mol. The van der Waals surface area contributed by atoms with Gasteiger partial charge in [0.2, 0.25) is 17.7 Å². The van der Waals surface area contributed by atoms with Crippen molar-refractivity contribution in [1.82, 2.24) is 21.3 Å². The zero-order valence-electron chi connectivity index (χ0n) is 25.6. The van der Waals surface area contributed by atoms with Crippen molar-refractivity contribution in [3.63, 3.8) is 0 Å². The van der Waals surface area contributed by atoms with Crippen LogP contribution in [0.3, 0.4) is 0 Å². The maximum absolute atomic E-state index is 13.7. The summed E-state index contributed by atoms with van der Waals surface area (Å²) in [4.78, 5) is 64.2. The predicted molar refractivity (Wildman–Crippen MR) is 162 cm³/mol. The van der Waals surface area contributed by atoms with Gasteiger partial charge in [-0.2, -0.15) is 0 Å². The predicted octanol–water partition coefficient (Wildman–Crippen LogP) is 3.29. The summed E-state index contributed by atoms with van der Waals surface area (Å²) in [5, 5.41) is 22.4. The molecule has 0 aromatic heterocycles. The fraction of sp³-hybridized carbons (Fsp3) is 0.531. The molecule has 0 spiro atoms. The van der Waals surface area contributed by atoms with Gasteiger partial charge in [0.05, 0.1) is 0 Å². The van der Waals surface area contributed by atoms with Gasteiger partial charge in [-0.15, -0.1) is 0 Å². The van der Waals surface area contributed by atoms with Crippen molar-refractivity contribution < 1.29 is 33.8 Å². The summed E-state index contributed by atoms with van der Waals surface area (Å²) in [6.45, 7) is 9.43. The van der Waals surface area contributed by atoms with Crippen molar-refractivity contribution >= 4 is 40.6 Å². The Morgan fingerprint density at radius 1 is 0.953 bits per heavy atom. The first-order chi connectivity index (χ1) is 20.2. The first-order valence-electron chi connectivity index (χ1n) is 14.8. The average Bonchev–Trinajstić information content (AvgIpc) is 2.91. The van der Waals surface area contributed by atoms with Crippen LogP contribution in [0.25, 0.3) is 10.8 Å². The van der Waals surface area contributed by atoms with Crippen LogP contribution in [0, 0.1) is 11.8 Å². The minimum absolute atomic E-state index is 0.0289. The summed E-state index contributed by atoms with van der Waals surface area (Å²) in [6.07, 6.45) is 0.765. The lowest BCUT2D eigenvalue weighted by Crippen LogP contribution is -2.57. The summed E-state index contributed by atoms with van der Waals surface area (Å²) in [7, 11) is 0. The molecule has 2 aromatic carbocycles. The maximum Gasteiger partial charge on any atom is 0.408 e. The average molecular weight is 597 g/mol. The molecule has 4 amide bonds. The first-order valence-corrected chi connectivity index (χ1v) is 14.8. The molecule has 1 heterocycles. The molecule has 0 bridgehead atoms. The molecule has 1 aliphatic rings. The number of alkyl carbamates (subject to hydrolysis) is 1. The van der Waals surface area contributed by atoms with Gasteiger partial charge in [-0.1, -0.05) is 56.3 Å². The summed E-state index contributed by atoms with van der Waals surface area (Å²) in [5.74, 6) is -3.34. The third-order valence-corrected chi connectivity index (χ3v) is 7.19. The van der Waals surface area contributed by atoms with Crippen molar-refractivity contribution in [1.29, 1.82) is 0 Å². The number of aliphatic carboxylic acids is 1. The van der Waals surface area contributed by atoms with Crippen molar-refractivity contribution in [2.24, 2.45) is 11.8 Å². The molecule has 5 N–H and O–H groups in total. The third-order valence-electron chi connectivity index (χ3n) is 7.19. The van der Waals surface area contributed by atoms with Crippen LogP contribution in [0.1, 0.15) is 65.9 Å². The molecule has 2 aromatic rings. The van der Waals surface area contributed by atoms with Crippen LogP contribution < -0.4 is 21.3 Å². The van der Waals surface area contributed by atoms with Crippen LogP contribution in [0.5, 0.6) is 0 Å². The lowest BCUT2D eigenvalue weighted by Gasteiger charge is -2.28. The van der Waals surface area contributed by atoms with E-state index < -0.39 is 53.5 Å². The molecule has 4 atom stereocenters.